The van der Waals surface area contributed by atoms with E-state index in [0.29, 0.717) is 5.41 Å². The number of unbranched alkanes of at least 4 members (excludes halogenated alkanes) is 1. The van der Waals surface area contributed by atoms with Gasteiger partial charge in [0, 0.05) is 12.4 Å². The van der Waals surface area contributed by atoms with Crippen LogP contribution in [0, 0.1) is 19.3 Å². The van der Waals surface area contributed by atoms with Gasteiger partial charge in [-0.3, -0.25) is 0 Å². The molecule has 1 heterocycles. The molecule has 0 N–H and O–H groups in total. The van der Waals surface area contributed by atoms with Crippen LogP contribution >= 0.6 is 0 Å². The van der Waals surface area contributed by atoms with E-state index in [1.807, 2.05) is 26.2 Å². The lowest BCUT2D eigenvalue weighted by Gasteiger charge is -2.05. The summed E-state index contributed by atoms with van der Waals surface area (Å²) in [5.74, 6) is 0.829. The predicted octanol–water partition coefficient (Wildman–Crippen LogP) is 5.90. The van der Waals surface area contributed by atoms with Gasteiger partial charge in [-0.1, -0.05) is 46.6 Å². The van der Waals surface area contributed by atoms with Gasteiger partial charge in [-0.2, -0.15) is 0 Å². The summed E-state index contributed by atoms with van der Waals surface area (Å²) in [7, 11) is 0. The number of aromatic nitrogens is 2. The Kier molecular flexibility index (Phi) is 12.3. The highest BCUT2D eigenvalue weighted by atomic mass is 14.8. The first-order valence-electron chi connectivity index (χ1n) is 7.46. The minimum Gasteiger partial charge on any atom is -0.241 e. The van der Waals surface area contributed by atoms with Gasteiger partial charge >= 0.3 is 0 Å². The molecule has 0 saturated carbocycles. The van der Waals surface area contributed by atoms with Crippen molar-refractivity contribution in [3.05, 3.63) is 35.9 Å². The molecule has 2 nitrogen and oxygen atoms in total. The van der Waals surface area contributed by atoms with Crippen molar-refractivity contribution in [3.63, 3.8) is 0 Å². The first-order chi connectivity index (χ1) is 9.06. The number of rotatable bonds is 3. The Morgan fingerprint density at radius 2 is 1.50 bits per heavy atom. The Balaban J connectivity index is 0. The lowest BCUT2D eigenvalue weighted by molar-refractivity contribution is 0.469. The molecule has 20 heavy (non-hydrogen) atoms. The zero-order chi connectivity index (χ0) is 16.2. The lowest BCUT2D eigenvalue weighted by atomic mass is 10.0. The summed E-state index contributed by atoms with van der Waals surface area (Å²) >= 11 is 0. The van der Waals surface area contributed by atoms with Crippen molar-refractivity contribution in [3.8, 4) is 0 Å². The Morgan fingerprint density at radius 1 is 1.10 bits per heavy atom. The van der Waals surface area contributed by atoms with Crippen molar-refractivity contribution in [2.75, 3.05) is 0 Å². The number of allylic oxidation sites excluding steroid dienone is 1. The predicted molar refractivity (Wildman–Crippen MR) is 91.0 cm³/mol. The van der Waals surface area contributed by atoms with Gasteiger partial charge in [0.15, 0.2) is 0 Å². The molecule has 0 unspecified atom stereocenters. The standard InChI is InChI=1S/C7H14.C6H8N2.C5H12/c1-4-5-6-7(2)3;1-5-3-7-6(2)8-4-5;1-5(2,3)4/h2,4-6H2,1,3H3;3-4H,1-2H3;1-4H3. The molecule has 0 fully saturated rings. The highest BCUT2D eigenvalue weighted by molar-refractivity contribution is 5.00. The first kappa shape index (κ1) is 21.1. The minimum atomic E-state index is 0.500. The van der Waals surface area contributed by atoms with Crippen molar-refractivity contribution in [2.45, 2.75) is 74.7 Å². The number of nitrogens with zero attached hydrogens (tertiary/aromatic N) is 2. The summed E-state index contributed by atoms with van der Waals surface area (Å²) in [5, 5.41) is 0. The van der Waals surface area contributed by atoms with E-state index in [-0.39, 0.29) is 0 Å². The van der Waals surface area contributed by atoms with Gasteiger partial charge in [0.25, 0.3) is 0 Å². The topological polar surface area (TPSA) is 25.8 Å². The van der Waals surface area contributed by atoms with Crippen LogP contribution in [0.5, 0.6) is 0 Å². The normalized spacial score (nSPS) is 9.80. The number of hydrogen-bond donors (Lipinski definition) is 0. The van der Waals surface area contributed by atoms with Crippen LogP contribution in [0.3, 0.4) is 0 Å². The summed E-state index contributed by atoms with van der Waals surface area (Å²) in [6.07, 6.45) is 7.41. The van der Waals surface area contributed by atoms with Crippen LogP contribution in [0.1, 0.15) is 72.2 Å². The molecular weight excluding hydrogens is 244 g/mol. The van der Waals surface area contributed by atoms with Crippen molar-refractivity contribution in [1.29, 1.82) is 0 Å². The van der Waals surface area contributed by atoms with Crippen LogP contribution in [0.2, 0.25) is 0 Å². The number of hydrogen-bond acceptors (Lipinski definition) is 2. The monoisotopic (exact) mass is 278 g/mol. The molecule has 0 amide bonds. The van der Waals surface area contributed by atoms with Crippen molar-refractivity contribution < 1.29 is 0 Å². The van der Waals surface area contributed by atoms with E-state index in [1.165, 1.54) is 24.8 Å². The van der Waals surface area contributed by atoms with Crippen LogP contribution in [0.15, 0.2) is 24.5 Å². The van der Waals surface area contributed by atoms with Gasteiger partial charge in [0.05, 0.1) is 0 Å². The van der Waals surface area contributed by atoms with E-state index in [2.05, 4.69) is 58.1 Å². The second kappa shape index (κ2) is 11.6. The van der Waals surface area contributed by atoms with E-state index in [9.17, 15) is 0 Å². The Hall–Kier alpha value is -1.18. The van der Waals surface area contributed by atoms with Crippen LogP contribution in [-0.2, 0) is 0 Å². The third-order valence-corrected chi connectivity index (χ3v) is 1.87. The molecule has 0 saturated heterocycles. The van der Waals surface area contributed by atoms with Gasteiger partial charge in [-0.05, 0) is 44.6 Å². The fourth-order valence-electron chi connectivity index (χ4n) is 0.936. The third kappa shape index (κ3) is 25.6. The molecule has 1 aromatic heterocycles. The summed E-state index contributed by atoms with van der Waals surface area (Å²) in [6.45, 7) is 20.7. The molecule has 116 valence electrons. The van der Waals surface area contributed by atoms with Gasteiger partial charge in [0.2, 0.25) is 0 Å². The zero-order valence-electron chi connectivity index (χ0n) is 14.9. The quantitative estimate of drug-likeness (QED) is 0.643. The van der Waals surface area contributed by atoms with Crippen LogP contribution in [0.4, 0.5) is 0 Å². The van der Waals surface area contributed by atoms with Crippen molar-refractivity contribution in [1.82, 2.24) is 9.97 Å². The fraction of sp³-hybridized carbons (Fsp3) is 0.667. The van der Waals surface area contributed by atoms with E-state index < -0.39 is 0 Å². The molecule has 1 rings (SSSR count). The first-order valence-corrected chi connectivity index (χ1v) is 7.46. The van der Waals surface area contributed by atoms with E-state index in [4.69, 9.17) is 0 Å². The zero-order valence-corrected chi connectivity index (χ0v) is 14.9. The minimum absolute atomic E-state index is 0.500. The molecule has 0 aromatic carbocycles. The molecule has 0 radical (unpaired) electrons. The molecular formula is C18H34N2. The average molecular weight is 278 g/mol. The summed E-state index contributed by atoms with van der Waals surface area (Å²) in [4.78, 5) is 7.94. The fourth-order valence-corrected chi connectivity index (χ4v) is 0.936. The number of aryl methyl sites for hydroxylation is 2. The largest absolute Gasteiger partial charge is 0.241 e. The highest BCUT2D eigenvalue weighted by Gasteiger charge is 1.95. The molecule has 0 atom stereocenters. The maximum atomic E-state index is 3.97. The molecule has 0 aliphatic carbocycles. The summed E-state index contributed by atoms with van der Waals surface area (Å²) in [6, 6.07) is 0. The average Bonchev–Trinajstić information content (AvgIpc) is 2.29. The SMILES string of the molecule is C=C(C)CCCC.CC(C)(C)C.Cc1cnc(C)nc1. The second-order valence-corrected chi connectivity index (χ2v) is 6.87. The maximum absolute atomic E-state index is 3.97. The second-order valence-electron chi connectivity index (χ2n) is 6.87. The third-order valence-electron chi connectivity index (χ3n) is 1.87. The van der Waals surface area contributed by atoms with E-state index in [1.54, 1.807) is 0 Å². The van der Waals surface area contributed by atoms with Crippen LogP contribution in [0.25, 0.3) is 0 Å². The van der Waals surface area contributed by atoms with Gasteiger partial charge in [-0.15, -0.1) is 6.58 Å². The highest BCUT2D eigenvalue weighted by Crippen LogP contribution is 2.08. The van der Waals surface area contributed by atoms with Gasteiger partial charge in [-0.25, -0.2) is 9.97 Å². The molecule has 0 aliphatic heterocycles. The summed E-state index contributed by atoms with van der Waals surface area (Å²) in [5.41, 5.74) is 2.91. The van der Waals surface area contributed by atoms with Crippen molar-refractivity contribution in [2.24, 2.45) is 5.41 Å². The van der Waals surface area contributed by atoms with Crippen LogP contribution < -0.4 is 0 Å². The van der Waals surface area contributed by atoms with Gasteiger partial charge < -0.3 is 0 Å². The molecule has 0 bridgehead atoms. The smallest absolute Gasteiger partial charge is 0.125 e. The Bertz CT molecular complexity index is 318. The van der Waals surface area contributed by atoms with E-state index >= 15 is 0 Å². The van der Waals surface area contributed by atoms with Crippen molar-refractivity contribution >= 4 is 0 Å². The molecule has 0 spiro atoms. The lowest BCUT2D eigenvalue weighted by Crippen LogP contribution is -1.93. The maximum Gasteiger partial charge on any atom is 0.125 e. The van der Waals surface area contributed by atoms with Gasteiger partial charge in [0.1, 0.15) is 5.82 Å². The Morgan fingerprint density at radius 3 is 1.70 bits per heavy atom. The molecule has 2 heteroatoms. The van der Waals surface area contributed by atoms with E-state index in [0.717, 1.165) is 11.4 Å². The summed E-state index contributed by atoms with van der Waals surface area (Å²) < 4.78 is 0. The Labute approximate surface area is 126 Å². The van der Waals surface area contributed by atoms with Crippen LogP contribution in [-0.4, -0.2) is 9.97 Å². The molecule has 0 aliphatic rings. The molecule has 1 aromatic rings.